The number of carbonyl (C=O) groups is 1. The third kappa shape index (κ3) is 4.95. The molecule has 0 amide bonds. The van der Waals surface area contributed by atoms with Crippen LogP contribution in [0, 0.1) is 0 Å². The van der Waals surface area contributed by atoms with Crippen molar-refractivity contribution >= 4 is 11.7 Å². The highest BCUT2D eigenvalue weighted by atomic mass is 16.6. The van der Waals surface area contributed by atoms with Crippen LogP contribution in [0.25, 0.3) is 0 Å². The summed E-state index contributed by atoms with van der Waals surface area (Å²) in [7, 11) is 0. The first kappa shape index (κ1) is 19.1. The third-order valence-corrected chi connectivity index (χ3v) is 4.44. The predicted molar refractivity (Wildman–Crippen MR) is 104 cm³/mol. The number of carbonyl (C=O) groups excluding carboxylic acids is 1. The number of oxime groups is 1. The van der Waals surface area contributed by atoms with Gasteiger partial charge in [0.05, 0.1) is 12.3 Å². The maximum Gasteiger partial charge on any atom is 0.335 e. The van der Waals surface area contributed by atoms with E-state index in [0.29, 0.717) is 19.6 Å². The fourth-order valence-electron chi connectivity index (χ4n) is 3.13. The molecule has 0 bridgehead atoms. The molecule has 3 rings (SSSR count). The second-order valence-corrected chi connectivity index (χ2v) is 6.35. The van der Waals surface area contributed by atoms with E-state index in [1.807, 2.05) is 61.5 Å². The molecule has 5 heteroatoms. The smallest absolute Gasteiger partial charge is 0.335 e. The Morgan fingerprint density at radius 1 is 1.15 bits per heavy atom. The average molecular weight is 367 g/mol. The minimum atomic E-state index is -0.593. The lowest BCUT2D eigenvalue weighted by atomic mass is 9.97. The molecule has 5 nitrogen and oxygen atoms in total. The van der Waals surface area contributed by atoms with Crippen molar-refractivity contribution in [1.29, 1.82) is 0 Å². The molecule has 0 aliphatic carbocycles. The third-order valence-electron chi connectivity index (χ3n) is 4.44. The van der Waals surface area contributed by atoms with Gasteiger partial charge in [0.25, 0.3) is 0 Å². The van der Waals surface area contributed by atoms with Crippen LogP contribution in [0.1, 0.15) is 43.1 Å². The normalized spacial score (nSPS) is 17.1. The summed E-state index contributed by atoms with van der Waals surface area (Å²) in [5.74, 6) is -0.324. The first-order valence-electron chi connectivity index (χ1n) is 9.36. The Hall–Kier alpha value is -2.66. The van der Waals surface area contributed by atoms with E-state index >= 15 is 0 Å². The van der Waals surface area contributed by atoms with Crippen LogP contribution in [0.2, 0.25) is 0 Å². The zero-order chi connectivity index (χ0) is 19.1. The van der Waals surface area contributed by atoms with Crippen molar-refractivity contribution in [2.24, 2.45) is 5.16 Å². The van der Waals surface area contributed by atoms with Crippen LogP contribution < -0.4 is 0 Å². The number of benzene rings is 2. The molecule has 2 unspecified atom stereocenters. The molecule has 0 N–H and O–H groups in total. The van der Waals surface area contributed by atoms with E-state index in [2.05, 4.69) is 5.16 Å². The van der Waals surface area contributed by atoms with Gasteiger partial charge in [-0.15, -0.1) is 0 Å². The van der Waals surface area contributed by atoms with Crippen LogP contribution in [0.4, 0.5) is 0 Å². The van der Waals surface area contributed by atoms with Crippen LogP contribution in [-0.2, 0) is 25.5 Å². The maximum absolute atomic E-state index is 12.1. The summed E-state index contributed by atoms with van der Waals surface area (Å²) >= 11 is 0. The number of hydrogen-bond donors (Lipinski definition) is 0. The topological polar surface area (TPSA) is 57.1 Å². The van der Waals surface area contributed by atoms with E-state index in [-0.39, 0.29) is 12.1 Å². The molecule has 0 saturated carbocycles. The standard InChI is InChI=1S/C22H25NO4/c1-3-25-21(22(24)26-4-2)14-16-9-8-12-18(13-16)19-15-20(27-23-19)17-10-6-5-7-11-17/h5-13,20-21H,3-4,14-15H2,1-2H3. The number of esters is 1. The summed E-state index contributed by atoms with van der Waals surface area (Å²) in [6.07, 6.45) is 0.543. The van der Waals surface area contributed by atoms with Gasteiger partial charge in [-0.25, -0.2) is 4.79 Å². The lowest BCUT2D eigenvalue weighted by Crippen LogP contribution is -2.29. The van der Waals surface area contributed by atoms with Crippen molar-refractivity contribution in [1.82, 2.24) is 0 Å². The highest BCUT2D eigenvalue weighted by Gasteiger charge is 2.25. The molecule has 1 heterocycles. The zero-order valence-corrected chi connectivity index (χ0v) is 15.8. The van der Waals surface area contributed by atoms with E-state index < -0.39 is 6.10 Å². The molecule has 142 valence electrons. The van der Waals surface area contributed by atoms with E-state index in [4.69, 9.17) is 14.3 Å². The molecule has 27 heavy (non-hydrogen) atoms. The van der Waals surface area contributed by atoms with Gasteiger partial charge < -0.3 is 14.3 Å². The van der Waals surface area contributed by atoms with Crippen LogP contribution in [0.3, 0.4) is 0 Å². The highest BCUT2D eigenvalue weighted by molar-refractivity contribution is 6.01. The Kier molecular flexibility index (Phi) is 6.60. The van der Waals surface area contributed by atoms with Crippen molar-refractivity contribution in [3.63, 3.8) is 0 Å². The van der Waals surface area contributed by atoms with Crippen LogP contribution in [-0.4, -0.2) is 31.0 Å². The van der Waals surface area contributed by atoms with Gasteiger partial charge >= 0.3 is 5.97 Å². The molecular weight excluding hydrogens is 342 g/mol. The van der Waals surface area contributed by atoms with Crippen LogP contribution in [0.5, 0.6) is 0 Å². The predicted octanol–water partition coefficient (Wildman–Crippen LogP) is 4.06. The molecule has 0 fully saturated rings. The molecule has 0 radical (unpaired) electrons. The van der Waals surface area contributed by atoms with Gasteiger partial charge in [0.15, 0.2) is 12.2 Å². The fourth-order valence-corrected chi connectivity index (χ4v) is 3.13. The summed E-state index contributed by atoms with van der Waals surface area (Å²) in [5, 5.41) is 4.28. The molecule has 0 aromatic heterocycles. The summed E-state index contributed by atoms with van der Waals surface area (Å²) in [6.45, 7) is 4.47. The average Bonchev–Trinajstić information content (AvgIpc) is 3.19. The Morgan fingerprint density at radius 2 is 1.96 bits per heavy atom. The van der Waals surface area contributed by atoms with Crippen molar-refractivity contribution < 1.29 is 19.1 Å². The Morgan fingerprint density at radius 3 is 2.70 bits per heavy atom. The SMILES string of the molecule is CCOC(=O)C(Cc1cccc(C2=NOC(c3ccccc3)C2)c1)OCC. The minimum absolute atomic E-state index is 0.0550. The second-order valence-electron chi connectivity index (χ2n) is 6.35. The highest BCUT2D eigenvalue weighted by Crippen LogP contribution is 2.29. The molecule has 1 aliphatic rings. The van der Waals surface area contributed by atoms with Gasteiger partial charge in [-0.2, -0.15) is 0 Å². The molecule has 1 aliphatic heterocycles. The van der Waals surface area contributed by atoms with Crippen molar-refractivity contribution in [2.45, 2.75) is 38.9 Å². The van der Waals surface area contributed by atoms with E-state index in [1.165, 1.54) is 0 Å². The van der Waals surface area contributed by atoms with Gasteiger partial charge in [0.1, 0.15) is 0 Å². The molecule has 2 aromatic carbocycles. The monoisotopic (exact) mass is 367 g/mol. The number of nitrogens with zero attached hydrogens (tertiary/aromatic N) is 1. The number of rotatable bonds is 8. The minimum Gasteiger partial charge on any atom is -0.464 e. The van der Waals surface area contributed by atoms with Crippen molar-refractivity contribution in [2.75, 3.05) is 13.2 Å². The first-order chi connectivity index (χ1) is 13.2. The van der Waals surface area contributed by atoms with E-state index in [9.17, 15) is 4.79 Å². The van der Waals surface area contributed by atoms with Crippen molar-refractivity contribution in [3.8, 4) is 0 Å². The number of hydrogen-bond acceptors (Lipinski definition) is 5. The summed E-state index contributed by atoms with van der Waals surface area (Å²) in [4.78, 5) is 17.7. The Labute approximate surface area is 159 Å². The zero-order valence-electron chi connectivity index (χ0n) is 15.8. The van der Waals surface area contributed by atoms with Gasteiger partial charge in [-0.3, -0.25) is 0 Å². The van der Waals surface area contributed by atoms with Crippen molar-refractivity contribution in [3.05, 3.63) is 71.3 Å². The van der Waals surface area contributed by atoms with Gasteiger partial charge in [0, 0.05) is 19.4 Å². The molecule has 2 aromatic rings. The van der Waals surface area contributed by atoms with Gasteiger partial charge in [-0.05, 0) is 36.6 Å². The van der Waals surface area contributed by atoms with Gasteiger partial charge in [0.2, 0.25) is 0 Å². The molecule has 0 saturated heterocycles. The summed E-state index contributed by atoms with van der Waals surface area (Å²) < 4.78 is 10.7. The maximum atomic E-state index is 12.1. The molecule has 2 atom stereocenters. The summed E-state index contributed by atoms with van der Waals surface area (Å²) in [6, 6.07) is 18.1. The van der Waals surface area contributed by atoms with Crippen LogP contribution in [0.15, 0.2) is 59.8 Å². The van der Waals surface area contributed by atoms with E-state index in [1.54, 1.807) is 6.92 Å². The lowest BCUT2D eigenvalue weighted by molar-refractivity contribution is -0.156. The first-order valence-corrected chi connectivity index (χ1v) is 9.36. The Bertz CT molecular complexity index is 788. The summed E-state index contributed by atoms with van der Waals surface area (Å²) in [5.41, 5.74) is 4.04. The number of ether oxygens (including phenoxy) is 2. The quantitative estimate of drug-likeness (QED) is 0.660. The second kappa shape index (κ2) is 9.33. The molecular formula is C22H25NO4. The Balaban J connectivity index is 1.69. The largest absolute Gasteiger partial charge is 0.464 e. The van der Waals surface area contributed by atoms with Gasteiger partial charge in [-0.1, -0.05) is 53.7 Å². The fraction of sp³-hybridized carbons (Fsp3) is 0.364. The van der Waals surface area contributed by atoms with Crippen LogP contribution >= 0.6 is 0 Å². The lowest BCUT2D eigenvalue weighted by Gasteiger charge is -2.16. The van der Waals surface area contributed by atoms with E-state index in [0.717, 1.165) is 28.8 Å². The molecule has 0 spiro atoms.